The molecule has 0 amide bonds. The molecule has 0 aliphatic heterocycles. The van der Waals surface area contributed by atoms with Crippen molar-refractivity contribution in [2.45, 2.75) is 5.38 Å². The Morgan fingerprint density at radius 3 is 2.39 bits per heavy atom. The summed E-state index contributed by atoms with van der Waals surface area (Å²) in [6.07, 6.45) is 0. The quantitative estimate of drug-likeness (QED) is 0.477. The number of hydrogen-bond acceptors (Lipinski definition) is 2. The monoisotopic (exact) mass is 265 g/mol. The van der Waals surface area contributed by atoms with Crippen LogP contribution in [-0.4, -0.2) is 4.92 Å². The zero-order valence-electron chi connectivity index (χ0n) is 9.22. The van der Waals surface area contributed by atoms with Gasteiger partial charge in [-0.05, 0) is 11.6 Å². The predicted molar refractivity (Wildman–Crippen MR) is 67.2 cm³/mol. The number of benzene rings is 2. The Kier molecular flexibility index (Phi) is 3.58. The molecule has 0 saturated heterocycles. The average Bonchev–Trinajstić information content (AvgIpc) is 2.38. The highest BCUT2D eigenvalue weighted by molar-refractivity contribution is 6.22. The first-order valence-electron chi connectivity index (χ1n) is 5.22. The third-order valence-corrected chi connectivity index (χ3v) is 3.05. The second-order valence-corrected chi connectivity index (χ2v) is 4.17. The van der Waals surface area contributed by atoms with E-state index in [4.69, 9.17) is 11.6 Å². The van der Waals surface area contributed by atoms with Gasteiger partial charge in [-0.1, -0.05) is 30.3 Å². The summed E-state index contributed by atoms with van der Waals surface area (Å²) in [5, 5.41) is 9.85. The van der Waals surface area contributed by atoms with Gasteiger partial charge in [-0.25, -0.2) is 4.39 Å². The third kappa shape index (κ3) is 2.49. The van der Waals surface area contributed by atoms with Crippen LogP contribution >= 0.6 is 11.6 Å². The van der Waals surface area contributed by atoms with Crippen LogP contribution in [-0.2, 0) is 0 Å². The molecule has 18 heavy (non-hydrogen) atoms. The van der Waals surface area contributed by atoms with E-state index in [0.717, 1.165) is 11.6 Å². The van der Waals surface area contributed by atoms with Crippen LogP contribution in [0.3, 0.4) is 0 Å². The molecule has 0 spiro atoms. The number of hydrogen-bond donors (Lipinski definition) is 0. The van der Waals surface area contributed by atoms with Crippen LogP contribution in [0.4, 0.5) is 10.1 Å². The molecule has 0 radical (unpaired) electrons. The smallest absolute Gasteiger partial charge is 0.258 e. The molecule has 2 aromatic rings. The van der Waals surface area contributed by atoms with Crippen LogP contribution in [0.2, 0.25) is 0 Å². The van der Waals surface area contributed by atoms with E-state index in [1.807, 2.05) is 6.07 Å². The second kappa shape index (κ2) is 5.14. The second-order valence-electron chi connectivity index (χ2n) is 3.74. The Morgan fingerprint density at radius 1 is 1.17 bits per heavy atom. The number of non-ortho nitro benzene ring substituents is 1. The van der Waals surface area contributed by atoms with Crippen molar-refractivity contribution in [3.63, 3.8) is 0 Å². The number of nitro benzene ring substituents is 1. The molecule has 0 saturated carbocycles. The van der Waals surface area contributed by atoms with Gasteiger partial charge in [0.05, 0.1) is 16.4 Å². The lowest BCUT2D eigenvalue weighted by Crippen LogP contribution is -1.98. The van der Waals surface area contributed by atoms with Crippen molar-refractivity contribution in [3.05, 3.63) is 75.6 Å². The van der Waals surface area contributed by atoms with Crippen molar-refractivity contribution in [2.24, 2.45) is 0 Å². The molecule has 5 heteroatoms. The van der Waals surface area contributed by atoms with E-state index in [1.165, 1.54) is 12.1 Å². The van der Waals surface area contributed by atoms with Crippen LogP contribution in [0.25, 0.3) is 0 Å². The Hall–Kier alpha value is -1.94. The molecule has 0 fully saturated rings. The summed E-state index contributed by atoms with van der Waals surface area (Å²) < 4.78 is 13.8. The van der Waals surface area contributed by atoms with Crippen molar-refractivity contribution in [1.29, 1.82) is 0 Å². The van der Waals surface area contributed by atoms with Gasteiger partial charge in [0, 0.05) is 11.6 Å². The van der Waals surface area contributed by atoms with E-state index >= 15 is 0 Å². The maximum absolute atomic E-state index is 13.8. The van der Waals surface area contributed by atoms with Gasteiger partial charge in [0.25, 0.3) is 5.69 Å². The molecule has 0 N–H and O–H groups in total. The molecule has 3 nitrogen and oxygen atoms in total. The molecule has 92 valence electrons. The summed E-state index contributed by atoms with van der Waals surface area (Å²) in [5.74, 6) is -0.673. The van der Waals surface area contributed by atoms with Gasteiger partial charge in [-0.15, -0.1) is 11.6 Å². The maximum Gasteiger partial charge on any atom is 0.272 e. The van der Waals surface area contributed by atoms with E-state index < -0.39 is 16.1 Å². The van der Waals surface area contributed by atoms with Crippen molar-refractivity contribution < 1.29 is 9.31 Å². The molecule has 1 atom stereocenters. The summed E-state index contributed by atoms with van der Waals surface area (Å²) >= 11 is 6.16. The van der Waals surface area contributed by atoms with Crippen LogP contribution in [0.15, 0.2) is 48.5 Å². The Labute approximate surface area is 108 Å². The molecule has 0 aromatic heterocycles. The molecule has 0 heterocycles. The number of halogens is 2. The van der Waals surface area contributed by atoms with E-state index in [0.29, 0.717) is 0 Å². The third-order valence-electron chi connectivity index (χ3n) is 2.56. The summed E-state index contributed by atoms with van der Waals surface area (Å²) in [6.45, 7) is 0. The van der Waals surface area contributed by atoms with E-state index in [2.05, 4.69) is 0 Å². The predicted octanol–water partition coefficient (Wildman–Crippen LogP) is 4.06. The number of nitrogens with zero attached hydrogens (tertiary/aromatic N) is 1. The summed E-state index contributed by atoms with van der Waals surface area (Å²) in [7, 11) is 0. The summed E-state index contributed by atoms with van der Waals surface area (Å²) in [5.41, 5.74) is 0.688. The normalized spacial score (nSPS) is 12.1. The first kappa shape index (κ1) is 12.5. The number of alkyl halides is 1. The first-order chi connectivity index (χ1) is 8.59. The van der Waals surface area contributed by atoms with Gasteiger partial charge in [0.2, 0.25) is 0 Å². The SMILES string of the molecule is O=[N+]([O-])c1ccc(C(Cl)c2ccccc2)c(F)c1. The molecule has 0 aliphatic rings. The Balaban J connectivity index is 2.37. The zero-order valence-corrected chi connectivity index (χ0v) is 9.97. The Bertz CT molecular complexity index is 574. The minimum absolute atomic E-state index is 0.230. The summed E-state index contributed by atoms with van der Waals surface area (Å²) in [4.78, 5) is 9.87. The van der Waals surface area contributed by atoms with Gasteiger partial charge in [0.15, 0.2) is 0 Å². The Morgan fingerprint density at radius 2 is 1.83 bits per heavy atom. The average molecular weight is 266 g/mol. The molecule has 1 unspecified atom stereocenters. The zero-order chi connectivity index (χ0) is 13.1. The minimum atomic E-state index is -0.673. The van der Waals surface area contributed by atoms with Crippen molar-refractivity contribution in [2.75, 3.05) is 0 Å². The van der Waals surface area contributed by atoms with Gasteiger partial charge < -0.3 is 0 Å². The lowest BCUT2D eigenvalue weighted by molar-refractivity contribution is -0.385. The van der Waals surface area contributed by atoms with Crippen LogP contribution in [0.1, 0.15) is 16.5 Å². The molecule has 2 rings (SSSR count). The number of rotatable bonds is 3. The first-order valence-corrected chi connectivity index (χ1v) is 5.66. The highest BCUT2D eigenvalue weighted by Gasteiger charge is 2.17. The highest BCUT2D eigenvalue weighted by Crippen LogP contribution is 2.31. The fourth-order valence-electron chi connectivity index (χ4n) is 1.64. The minimum Gasteiger partial charge on any atom is -0.258 e. The molecule has 0 aliphatic carbocycles. The van der Waals surface area contributed by atoms with E-state index in [9.17, 15) is 14.5 Å². The van der Waals surface area contributed by atoms with Gasteiger partial charge >= 0.3 is 0 Å². The van der Waals surface area contributed by atoms with Crippen LogP contribution in [0.5, 0.6) is 0 Å². The lowest BCUT2D eigenvalue weighted by atomic mass is 10.0. The van der Waals surface area contributed by atoms with Crippen molar-refractivity contribution in [1.82, 2.24) is 0 Å². The van der Waals surface area contributed by atoms with Crippen LogP contribution in [0, 0.1) is 15.9 Å². The van der Waals surface area contributed by atoms with Crippen molar-refractivity contribution >= 4 is 17.3 Å². The topological polar surface area (TPSA) is 43.1 Å². The van der Waals surface area contributed by atoms with Gasteiger partial charge in [0.1, 0.15) is 5.82 Å². The molecule has 2 aromatic carbocycles. The largest absolute Gasteiger partial charge is 0.272 e. The van der Waals surface area contributed by atoms with Gasteiger partial charge in [-0.2, -0.15) is 0 Å². The molecular weight excluding hydrogens is 257 g/mol. The van der Waals surface area contributed by atoms with Gasteiger partial charge in [-0.3, -0.25) is 10.1 Å². The van der Waals surface area contributed by atoms with Crippen LogP contribution < -0.4 is 0 Å². The highest BCUT2D eigenvalue weighted by atomic mass is 35.5. The fourth-order valence-corrected chi connectivity index (χ4v) is 1.96. The maximum atomic E-state index is 13.8. The summed E-state index contributed by atoms with van der Waals surface area (Å²) in [6, 6.07) is 12.5. The van der Waals surface area contributed by atoms with E-state index in [-0.39, 0.29) is 11.3 Å². The molecule has 0 bridgehead atoms. The fraction of sp³-hybridized carbons (Fsp3) is 0.0769. The molecular formula is C13H9ClFNO2. The van der Waals surface area contributed by atoms with E-state index in [1.54, 1.807) is 24.3 Å². The lowest BCUT2D eigenvalue weighted by Gasteiger charge is -2.10. The van der Waals surface area contributed by atoms with Crippen molar-refractivity contribution in [3.8, 4) is 0 Å². The number of nitro groups is 1. The standard InChI is InChI=1S/C13H9ClFNO2/c14-13(9-4-2-1-3-5-9)11-7-6-10(16(17)18)8-12(11)15/h1-8,13H.